The molecule has 1 amide bonds. The number of carbonyl (C=O) groups is 1. The number of nitro groups is 1. The molecule has 8 nitrogen and oxygen atoms in total. The van der Waals surface area contributed by atoms with Gasteiger partial charge in [0.15, 0.2) is 11.5 Å². The van der Waals surface area contributed by atoms with Crippen molar-refractivity contribution in [1.29, 1.82) is 0 Å². The Morgan fingerprint density at radius 3 is 2.62 bits per heavy atom. The molecule has 3 aromatic rings. The Bertz CT molecular complexity index is 1240. The summed E-state index contributed by atoms with van der Waals surface area (Å²) < 4.78 is 12.1. The van der Waals surface area contributed by atoms with E-state index < -0.39 is 10.8 Å². The molecule has 0 atom stereocenters. The Balaban J connectivity index is 1.62. The highest BCUT2D eigenvalue weighted by Crippen LogP contribution is 2.36. The van der Waals surface area contributed by atoms with Crippen LogP contribution in [0.25, 0.3) is 6.08 Å². The second-order valence-electron chi connectivity index (χ2n) is 7.23. The Morgan fingerprint density at radius 2 is 1.91 bits per heavy atom. The van der Waals surface area contributed by atoms with Crippen molar-refractivity contribution in [3.05, 3.63) is 104 Å². The molecule has 1 N–H and O–H groups in total. The molecule has 3 aromatic carbocycles. The molecule has 0 bridgehead atoms. The van der Waals surface area contributed by atoms with E-state index in [1.165, 1.54) is 36.1 Å². The SMILES string of the molecule is COc1cc(/C=N\NC(=O)/C=C/c2cccc([N+](=O)[O-])c2)cc(Br)c1OCc1ccc(C)cc1. The van der Waals surface area contributed by atoms with Crippen molar-refractivity contribution < 1.29 is 19.2 Å². The lowest BCUT2D eigenvalue weighted by Gasteiger charge is -2.13. The third kappa shape index (κ3) is 7.01. The summed E-state index contributed by atoms with van der Waals surface area (Å²) >= 11 is 3.50. The summed E-state index contributed by atoms with van der Waals surface area (Å²) in [6.45, 7) is 2.41. The predicted octanol–water partition coefficient (Wildman–Crippen LogP) is 5.42. The molecule has 3 rings (SSSR count). The van der Waals surface area contributed by atoms with Gasteiger partial charge in [0.05, 0.1) is 22.7 Å². The van der Waals surface area contributed by atoms with Crippen molar-refractivity contribution in [3.63, 3.8) is 0 Å². The van der Waals surface area contributed by atoms with Crippen molar-refractivity contribution in [2.24, 2.45) is 5.10 Å². The molecule has 0 fully saturated rings. The number of non-ortho nitro benzene ring substituents is 1. The summed E-state index contributed by atoms with van der Waals surface area (Å²) in [5, 5.41) is 14.8. The maximum absolute atomic E-state index is 12.0. The number of halogens is 1. The number of methoxy groups -OCH3 is 1. The van der Waals surface area contributed by atoms with Crippen LogP contribution in [0.2, 0.25) is 0 Å². The highest BCUT2D eigenvalue weighted by Gasteiger charge is 2.12. The maximum Gasteiger partial charge on any atom is 0.270 e. The molecular formula is C25H22BrN3O5. The summed E-state index contributed by atoms with van der Waals surface area (Å²) in [6, 6.07) is 17.6. The van der Waals surface area contributed by atoms with Gasteiger partial charge < -0.3 is 9.47 Å². The van der Waals surface area contributed by atoms with Gasteiger partial charge >= 0.3 is 0 Å². The van der Waals surface area contributed by atoms with Crippen molar-refractivity contribution >= 4 is 39.8 Å². The fourth-order valence-electron chi connectivity index (χ4n) is 2.92. The van der Waals surface area contributed by atoms with Crippen LogP contribution in [-0.2, 0) is 11.4 Å². The lowest BCUT2D eigenvalue weighted by atomic mass is 10.2. The summed E-state index contributed by atoms with van der Waals surface area (Å²) in [4.78, 5) is 22.4. The smallest absolute Gasteiger partial charge is 0.270 e. The van der Waals surface area contributed by atoms with Crippen LogP contribution in [0.3, 0.4) is 0 Å². The van der Waals surface area contributed by atoms with Gasteiger partial charge in [-0.25, -0.2) is 5.43 Å². The van der Waals surface area contributed by atoms with Crippen molar-refractivity contribution in [1.82, 2.24) is 5.43 Å². The van der Waals surface area contributed by atoms with Gasteiger partial charge in [-0.05, 0) is 57.8 Å². The van der Waals surface area contributed by atoms with Crippen LogP contribution in [0.15, 0.2) is 76.3 Å². The molecule has 0 unspecified atom stereocenters. The van der Waals surface area contributed by atoms with Crippen LogP contribution >= 0.6 is 15.9 Å². The van der Waals surface area contributed by atoms with Gasteiger partial charge in [-0.2, -0.15) is 5.10 Å². The summed E-state index contributed by atoms with van der Waals surface area (Å²) in [5.41, 5.74) is 5.75. The van der Waals surface area contributed by atoms with Gasteiger partial charge in [0.2, 0.25) is 0 Å². The molecule has 0 saturated heterocycles. The standard InChI is InChI=1S/C25H22BrN3O5/c1-17-6-8-19(9-7-17)16-34-25-22(26)13-20(14-23(25)33-2)15-27-28-24(30)11-10-18-4-3-5-21(12-18)29(31)32/h3-15H,16H2,1-2H3,(H,28,30)/b11-10+,27-15-. The number of hydrogen-bond donors (Lipinski definition) is 1. The third-order valence-corrected chi connectivity index (χ3v) is 5.24. The Hall–Kier alpha value is -3.98. The van der Waals surface area contributed by atoms with E-state index in [0.29, 0.717) is 33.7 Å². The molecule has 0 spiro atoms. The van der Waals surface area contributed by atoms with Crippen LogP contribution in [0.1, 0.15) is 22.3 Å². The highest BCUT2D eigenvalue weighted by atomic mass is 79.9. The lowest BCUT2D eigenvalue weighted by molar-refractivity contribution is -0.384. The average molecular weight is 524 g/mol. The first-order valence-corrected chi connectivity index (χ1v) is 11.0. The lowest BCUT2D eigenvalue weighted by Crippen LogP contribution is -2.14. The number of nitro benzene ring substituents is 1. The van der Waals surface area contributed by atoms with E-state index in [4.69, 9.17) is 9.47 Å². The number of nitrogens with one attached hydrogen (secondary N) is 1. The number of hydrogen-bond acceptors (Lipinski definition) is 6. The van der Waals surface area contributed by atoms with E-state index in [1.807, 2.05) is 31.2 Å². The zero-order valence-electron chi connectivity index (χ0n) is 18.5. The monoisotopic (exact) mass is 523 g/mol. The Morgan fingerprint density at radius 1 is 1.15 bits per heavy atom. The van der Waals surface area contributed by atoms with Crippen LogP contribution in [0, 0.1) is 17.0 Å². The number of nitrogens with zero attached hydrogens (tertiary/aromatic N) is 2. The third-order valence-electron chi connectivity index (χ3n) is 4.65. The van der Waals surface area contributed by atoms with Crippen molar-refractivity contribution in [2.45, 2.75) is 13.5 Å². The quantitative estimate of drug-likeness (QED) is 0.174. The summed E-state index contributed by atoms with van der Waals surface area (Å²) in [5.74, 6) is 0.593. The molecule has 0 aliphatic rings. The normalized spacial score (nSPS) is 11.0. The van der Waals surface area contributed by atoms with Crippen molar-refractivity contribution in [3.8, 4) is 11.5 Å². The number of hydrazone groups is 1. The first-order valence-electron chi connectivity index (χ1n) is 10.2. The summed E-state index contributed by atoms with van der Waals surface area (Å²) in [6.07, 6.45) is 4.18. The molecule has 0 aromatic heterocycles. The molecular weight excluding hydrogens is 502 g/mol. The molecule has 0 heterocycles. The Labute approximate surface area is 205 Å². The van der Waals surface area contributed by atoms with Gasteiger partial charge in [-0.3, -0.25) is 14.9 Å². The molecule has 9 heteroatoms. The molecule has 0 radical (unpaired) electrons. The van der Waals surface area contributed by atoms with Gasteiger partial charge in [0.1, 0.15) is 6.61 Å². The number of aryl methyl sites for hydroxylation is 1. The second kappa shape index (κ2) is 11.8. The molecule has 34 heavy (non-hydrogen) atoms. The maximum atomic E-state index is 12.0. The van der Waals surface area contributed by atoms with Gasteiger partial charge in [0, 0.05) is 18.2 Å². The minimum atomic E-state index is -0.493. The van der Waals surface area contributed by atoms with E-state index in [1.54, 1.807) is 31.4 Å². The largest absolute Gasteiger partial charge is 0.493 e. The van der Waals surface area contributed by atoms with E-state index in [2.05, 4.69) is 26.5 Å². The predicted molar refractivity (Wildman–Crippen MR) is 134 cm³/mol. The average Bonchev–Trinajstić information content (AvgIpc) is 2.83. The number of amides is 1. The molecule has 0 aliphatic heterocycles. The second-order valence-corrected chi connectivity index (χ2v) is 8.08. The minimum absolute atomic E-state index is 0.0496. The minimum Gasteiger partial charge on any atom is -0.493 e. The van der Waals surface area contributed by atoms with Crippen molar-refractivity contribution in [2.75, 3.05) is 7.11 Å². The van der Waals surface area contributed by atoms with Gasteiger partial charge in [-0.15, -0.1) is 0 Å². The highest BCUT2D eigenvalue weighted by molar-refractivity contribution is 9.10. The van der Waals surface area contributed by atoms with Crippen LogP contribution < -0.4 is 14.9 Å². The van der Waals surface area contributed by atoms with Crippen LogP contribution in [0.5, 0.6) is 11.5 Å². The Kier molecular flexibility index (Phi) is 8.53. The van der Waals surface area contributed by atoms with Gasteiger partial charge in [-0.1, -0.05) is 42.0 Å². The van der Waals surface area contributed by atoms with Gasteiger partial charge in [0.25, 0.3) is 11.6 Å². The number of ether oxygens (including phenoxy) is 2. The molecule has 0 saturated carbocycles. The van der Waals surface area contributed by atoms with E-state index >= 15 is 0 Å². The van der Waals surface area contributed by atoms with Crippen LogP contribution in [0.4, 0.5) is 5.69 Å². The number of rotatable bonds is 9. The summed E-state index contributed by atoms with van der Waals surface area (Å²) in [7, 11) is 1.54. The fourth-order valence-corrected chi connectivity index (χ4v) is 3.49. The van der Waals surface area contributed by atoms with Crippen LogP contribution in [-0.4, -0.2) is 24.2 Å². The first kappa shape index (κ1) is 24.7. The zero-order valence-corrected chi connectivity index (χ0v) is 20.1. The van der Waals surface area contributed by atoms with E-state index in [-0.39, 0.29) is 5.69 Å². The van der Waals surface area contributed by atoms with E-state index in [0.717, 1.165) is 5.56 Å². The molecule has 0 aliphatic carbocycles. The fraction of sp³-hybridized carbons (Fsp3) is 0.120. The first-order chi connectivity index (χ1) is 16.4. The zero-order chi connectivity index (χ0) is 24.5. The number of carbonyl (C=O) groups excluding carboxylic acids is 1. The number of benzene rings is 3. The topological polar surface area (TPSA) is 103 Å². The van der Waals surface area contributed by atoms with E-state index in [9.17, 15) is 14.9 Å². The molecule has 174 valence electrons.